The van der Waals surface area contributed by atoms with E-state index in [2.05, 4.69) is 4.98 Å². The Morgan fingerprint density at radius 1 is 1.31 bits per heavy atom. The molecule has 1 N–H and O–H groups in total. The maximum Gasteiger partial charge on any atom is 0.191 e. The van der Waals surface area contributed by atoms with E-state index < -0.39 is 0 Å². The van der Waals surface area contributed by atoms with Crippen LogP contribution in [-0.2, 0) is 0 Å². The second-order valence-corrected chi connectivity index (χ2v) is 4.93. The number of fused-ring (bicyclic) bond motifs is 3. The third kappa shape index (κ3) is 1.30. The molecule has 16 heavy (non-hydrogen) atoms. The summed E-state index contributed by atoms with van der Waals surface area (Å²) in [5.74, 6) is 0. The Morgan fingerprint density at radius 3 is 2.94 bits per heavy atom. The highest BCUT2D eigenvalue weighted by atomic mass is 32.1. The minimum atomic E-state index is 0.0715. The first-order valence-electron chi connectivity index (χ1n) is 4.97. The Labute approximate surface area is 97.3 Å². The molecule has 4 heteroatoms. The van der Waals surface area contributed by atoms with Crippen molar-refractivity contribution in [1.82, 2.24) is 4.98 Å². The van der Waals surface area contributed by atoms with Crippen LogP contribution >= 0.6 is 11.3 Å². The number of H-pyrrole nitrogens is 1. The summed E-state index contributed by atoms with van der Waals surface area (Å²) in [5.41, 5.74) is 1.68. The molecule has 0 bridgehead atoms. The predicted molar refractivity (Wildman–Crippen MR) is 70.1 cm³/mol. The van der Waals surface area contributed by atoms with Gasteiger partial charge in [0.1, 0.15) is 12.7 Å². The molecule has 1 aromatic carbocycles. The van der Waals surface area contributed by atoms with E-state index in [0.29, 0.717) is 0 Å². The molecular weight excluding hydrogens is 217 g/mol. The Kier molecular flexibility index (Phi) is 1.95. The average Bonchev–Trinajstić information content (AvgIpc) is 2.54. The van der Waals surface area contributed by atoms with Crippen LogP contribution in [0.5, 0.6) is 0 Å². The van der Waals surface area contributed by atoms with Crippen molar-refractivity contribution in [3.05, 3.63) is 40.2 Å². The van der Waals surface area contributed by atoms with Crippen LogP contribution in [0.2, 0.25) is 0 Å². The normalized spacial score (nSPS) is 11.3. The lowest BCUT2D eigenvalue weighted by atomic mass is 9.95. The first-order chi connectivity index (χ1) is 7.65. The molecule has 0 aliphatic rings. The van der Waals surface area contributed by atoms with E-state index in [9.17, 15) is 4.79 Å². The van der Waals surface area contributed by atoms with Gasteiger partial charge < -0.3 is 4.98 Å². The van der Waals surface area contributed by atoms with Crippen LogP contribution in [0.3, 0.4) is 0 Å². The van der Waals surface area contributed by atoms with Gasteiger partial charge in [0.25, 0.3) is 0 Å². The van der Waals surface area contributed by atoms with Crippen molar-refractivity contribution in [2.75, 3.05) is 0 Å². The molecule has 76 valence electrons. The van der Waals surface area contributed by atoms with Crippen LogP contribution in [0.1, 0.15) is 5.69 Å². The summed E-state index contributed by atoms with van der Waals surface area (Å²) >= 11 is 1.57. The van der Waals surface area contributed by atoms with Gasteiger partial charge in [-0.15, -0.1) is 11.3 Å². The number of aromatic nitrogens is 1. The van der Waals surface area contributed by atoms with Crippen molar-refractivity contribution in [2.45, 2.75) is 6.92 Å². The second-order valence-electron chi connectivity index (χ2n) is 3.88. The third-order valence-corrected chi connectivity index (χ3v) is 3.69. The summed E-state index contributed by atoms with van der Waals surface area (Å²) in [6, 6.07) is 7.27. The highest BCUT2D eigenvalue weighted by Crippen LogP contribution is 2.29. The molecule has 2 nitrogen and oxygen atoms in total. The smallest absolute Gasteiger partial charge is 0.191 e. The van der Waals surface area contributed by atoms with Crippen molar-refractivity contribution in [2.24, 2.45) is 0 Å². The van der Waals surface area contributed by atoms with Crippen LogP contribution < -0.4 is 10.9 Å². The molecule has 0 atom stereocenters. The van der Waals surface area contributed by atoms with Crippen LogP contribution in [-0.4, -0.2) is 12.8 Å². The van der Waals surface area contributed by atoms with Gasteiger partial charge >= 0.3 is 0 Å². The van der Waals surface area contributed by atoms with Crippen LogP contribution in [0.4, 0.5) is 0 Å². The zero-order chi connectivity index (χ0) is 11.3. The molecule has 3 aromatic rings. The van der Waals surface area contributed by atoms with E-state index in [4.69, 9.17) is 7.85 Å². The maximum absolute atomic E-state index is 11.9. The number of aryl methyl sites for hydroxylation is 1. The first kappa shape index (κ1) is 9.66. The molecule has 3 rings (SSSR count). The summed E-state index contributed by atoms with van der Waals surface area (Å²) < 4.78 is 1.05. The van der Waals surface area contributed by atoms with Crippen molar-refractivity contribution in [3.8, 4) is 0 Å². The number of aromatic amines is 1. The van der Waals surface area contributed by atoms with Gasteiger partial charge in [-0.05, 0) is 6.92 Å². The van der Waals surface area contributed by atoms with Gasteiger partial charge in [-0.3, -0.25) is 4.79 Å². The number of benzene rings is 1. The SMILES string of the molecule is [B]c1ccc2c(c1)sc1[nH]c(C)cc(=O)c12. The van der Waals surface area contributed by atoms with Gasteiger partial charge in [-0.25, -0.2) is 0 Å². The number of hydrogen-bond donors (Lipinski definition) is 1. The minimum Gasteiger partial charge on any atom is -0.350 e. The molecule has 2 radical (unpaired) electrons. The first-order valence-corrected chi connectivity index (χ1v) is 5.78. The lowest BCUT2D eigenvalue weighted by Crippen LogP contribution is -2.02. The number of hydrogen-bond acceptors (Lipinski definition) is 2. The van der Waals surface area contributed by atoms with Crippen LogP contribution in [0.25, 0.3) is 20.3 Å². The third-order valence-electron chi connectivity index (χ3n) is 2.62. The lowest BCUT2D eigenvalue weighted by Gasteiger charge is -1.94. The van der Waals surface area contributed by atoms with Crippen molar-refractivity contribution in [3.63, 3.8) is 0 Å². The fourth-order valence-electron chi connectivity index (χ4n) is 1.93. The van der Waals surface area contributed by atoms with Gasteiger partial charge in [-0.2, -0.15) is 0 Å². The van der Waals surface area contributed by atoms with Crippen molar-refractivity contribution in [1.29, 1.82) is 0 Å². The van der Waals surface area contributed by atoms with Gasteiger partial charge in [0.05, 0.1) is 5.39 Å². The van der Waals surface area contributed by atoms with E-state index in [1.54, 1.807) is 17.4 Å². The summed E-state index contributed by atoms with van der Waals surface area (Å²) in [6.45, 7) is 1.89. The average molecular weight is 225 g/mol. The molecule has 0 spiro atoms. The topological polar surface area (TPSA) is 32.9 Å². The van der Waals surface area contributed by atoms with E-state index in [1.165, 1.54) is 0 Å². The Bertz CT molecular complexity index is 757. The van der Waals surface area contributed by atoms with E-state index >= 15 is 0 Å². The van der Waals surface area contributed by atoms with Crippen LogP contribution in [0, 0.1) is 6.92 Å². The predicted octanol–water partition coefficient (Wildman–Crippen LogP) is 1.85. The van der Waals surface area contributed by atoms with E-state index in [0.717, 1.165) is 31.5 Å². The summed E-state index contributed by atoms with van der Waals surface area (Å²) in [7, 11) is 5.73. The molecule has 2 heterocycles. The number of thiophene rings is 1. The number of nitrogens with one attached hydrogen (secondary N) is 1. The second kappa shape index (κ2) is 3.22. The van der Waals surface area contributed by atoms with Crippen molar-refractivity contribution < 1.29 is 0 Å². The summed E-state index contributed by atoms with van der Waals surface area (Å²) in [5, 5.41) is 1.75. The fraction of sp³-hybridized carbons (Fsp3) is 0.0833. The highest BCUT2D eigenvalue weighted by molar-refractivity contribution is 7.25. The molecule has 0 fully saturated rings. The highest BCUT2D eigenvalue weighted by Gasteiger charge is 2.08. The summed E-state index contributed by atoms with van der Waals surface area (Å²) in [4.78, 5) is 16.1. The molecule has 0 unspecified atom stereocenters. The number of rotatable bonds is 0. The summed E-state index contributed by atoms with van der Waals surface area (Å²) in [6.07, 6.45) is 0. The van der Waals surface area contributed by atoms with Gasteiger partial charge in [0.15, 0.2) is 5.43 Å². The van der Waals surface area contributed by atoms with Gasteiger partial charge in [-0.1, -0.05) is 23.7 Å². The molecule has 0 aliphatic heterocycles. The van der Waals surface area contributed by atoms with Gasteiger partial charge in [0, 0.05) is 21.8 Å². The lowest BCUT2D eigenvalue weighted by molar-refractivity contribution is 1.26. The Balaban J connectivity index is 2.61. The van der Waals surface area contributed by atoms with Crippen LogP contribution in [0.15, 0.2) is 29.1 Å². The number of pyridine rings is 1. The quantitative estimate of drug-likeness (QED) is 0.582. The van der Waals surface area contributed by atoms with Crippen molar-refractivity contribution >= 4 is 44.9 Å². The molecule has 2 aromatic heterocycles. The molecule has 0 saturated heterocycles. The van der Waals surface area contributed by atoms with Gasteiger partial charge in [0.2, 0.25) is 0 Å². The Morgan fingerprint density at radius 2 is 2.12 bits per heavy atom. The van der Waals surface area contributed by atoms with E-state index in [-0.39, 0.29) is 5.43 Å². The molecule has 0 amide bonds. The zero-order valence-corrected chi connectivity index (χ0v) is 9.52. The fourth-order valence-corrected chi connectivity index (χ4v) is 3.15. The largest absolute Gasteiger partial charge is 0.350 e. The van der Waals surface area contributed by atoms with E-state index in [1.807, 2.05) is 25.1 Å². The molecule has 0 saturated carbocycles. The molecular formula is C12H8BNOS. The Hall–Kier alpha value is -1.55. The maximum atomic E-state index is 11.9. The molecule has 0 aliphatic carbocycles. The standard InChI is InChI=1S/C12H8BNOS/c1-6-4-9(15)11-8-3-2-7(13)5-10(8)16-12(11)14-6/h2-5H,1H3,(H,14,15). The zero-order valence-electron chi connectivity index (χ0n) is 8.70. The minimum absolute atomic E-state index is 0.0715. The monoisotopic (exact) mass is 225 g/mol.